The number of ether oxygens (including phenoxy) is 1. The summed E-state index contributed by atoms with van der Waals surface area (Å²) in [6.07, 6.45) is 15.8. The van der Waals surface area contributed by atoms with Crippen LogP contribution >= 0.6 is 0 Å². The average Bonchev–Trinajstić information content (AvgIpc) is 2.77. The van der Waals surface area contributed by atoms with Crippen LogP contribution in [-0.2, 0) is 9.53 Å². The number of nitrogens with two attached hydrogens (primary N) is 1. The zero-order valence-electron chi connectivity index (χ0n) is 20.0. The number of carbonyl (C=O) groups excluding carboxylic acids is 1. The van der Waals surface area contributed by atoms with Gasteiger partial charge in [0, 0.05) is 6.42 Å². The third kappa shape index (κ3) is 10.9. The molecule has 1 saturated heterocycles. The summed E-state index contributed by atoms with van der Waals surface area (Å²) >= 11 is 0. The van der Waals surface area contributed by atoms with E-state index in [9.17, 15) is 25.2 Å². The minimum absolute atomic E-state index is 0.208. The molecule has 0 aromatic heterocycles. The van der Waals surface area contributed by atoms with Crippen molar-refractivity contribution in [1.82, 2.24) is 0 Å². The molecule has 0 spiro atoms. The molecule has 0 amide bonds. The van der Waals surface area contributed by atoms with Crippen molar-refractivity contribution in [2.24, 2.45) is 5.73 Å². The molecule has 0 aromatic rings. The molecule has 188 valence electrons. The second-order valence-corrected chi connectivity index (χ2v) is 9.24. The Kier molecular flexibility index (Phi) is 15.3. The Bertz CT molecular complexity index is 527. The highest BCUT2D eigenvalue weighted by Crippen LogP contribution is 2.30. The van der Waals surface area contributed by atoms with Gasteiger partial charge in [0.25, 0.3) is 0 Å². The molecular formula is C25H47NO6. The van der Waals surface area contributed by atoms with Crippen molar-refractivity contribution in [2.45, 2.75) is 133 Å². The van der Waals surface area contributed by atoms with Crippen LogP contribution in [-0.4, -0.2) is 63.0 Å². The minimum Gasteiger partial charge on any atom is -0.394 e. The van der Waals surface area contributed by atoms with E-state index < -0.39 is 36.7 Å². The van der Waals surface area contributed by atoms with Crippen molar-refractivity contribution < 1.29 is 30.0 Å². The first-order valence-corrected chi connectivity index (χ1v) is 12.6. The normalized spacial score (nSPS) is 28.4. The highest BCUT2D eigenvalue weighted by molar-refractivity contribution is 5.79. The topological polar surface area (TPSA) is 133 Å². The van der Waals surface area contributed by atoms with Crippen molar-refractivity contribution in [3.05, 3.63) is 12.2 Å². The number of aliphatic hydroxyl groups excluding tert-OH is 3. The molecule has 6 N–H and O–H groups in total. The first kappa shape index (κ1) is 29.2. The van der Waals surface area contributed by atoms with E-state index in [1.165, 1.54) is 44.9 Å². The van der Waals surface area contributed by atoms with Gasteiger partial charge >= 0.3 is 0 Å². The van der Waals surface area contributed by atoms with Crippen molar-refractivity contribution in [1.29, 1.82) is 0 Å². The van der Waals surface area contributed by atoms with Crippen LogP contribution < -0.4 is 5.73 Å². The van der Waals surface area contributed by atoms with Crippen LogP contribution in [0.3, 0.4) is 0 Å². The van der Waals surface area contributed by atoms with Crippen LogP contribution in [0, 0.1) is 0 Å². The summed E-state index contributed by atoms with van der Waals surface area (Å²) in [5.41, 5.74) is 5.77. The monoisotopic (exact) mass is 457 g/mol. The summed E-state index contributed by atoms with van der Waals surface area (Å²) in [5.74, 6) is -2.29. The van der Waals surface area contributed by atoms with E-state index in [1.807, 2.05) is 0 Å². The number of allylic oxidation sites excluding steroid dienone is 2. The highest BCUT2D eigenvalue weighted by Gasteiger charge is 2.52. The maximum absolute atomic E-state index is 12.3. The molecule has 7 nitrogen and oxygen atoms in total. The molecule has 32 heavy (non-hydrogen) atoms. The SMILES string of the molecule is CCCCCCCC/C=C\CCCCCCCC(=O)CC1(O)O[C@H](CO)[C@@H](O)[C@H](O)[C@H]1N. The molecule has 1 rings (SSSR count). The fraction of sp³-hybridized carbons (Fsp3) is 0.880. The maximum atomic E-state index is 12.3. The van der Waals surface area contributed by atoms with E-state index in [4.69, 9.17) is 10.5 Å². The number of hydrogen-bond donors (Lipinski definition) is 5. The lowest BCUT2D eigenvalue weighted by Crippen LogP contribution is -2.68. The second kappa shape index (κ2) is 16.7. The van der Waals surface area contributed by atoms with Gasteiger partial charge in [-0.3, -0.25) is 4.79 Å². The standard InChI is InChI=1S/C25H47NO6/c1-2-3-4-5-6-7-8-9-10-11-12-13-14-15-16-17-20(28)18-25(31)24(26)23(30)22(29)21(19-27)32-25/h9-10,21-24,27,29-31H,2-8,11-19,26H2,1H3/b10-9-/t21-,22-,23+,24-,25?/m1/s1. The Morgan fingerprint density at radius 3 is 2.00 bits per heavy atom. The summed E-state index contributed by atoms with van der Waals surface area (Å²) in [4.78, 5) is 12.3. The van der Waals surface area contributed by atoms with Crippen molar-refractivity contribution >= 4 is 5.78 Å². The summed E-state index contributed by atoms with van der Waals surface area (Å²) in [5, 5.41) is 39.6. The second-order valence-electron chi connectivity index (χ2n) is 9.24. The lowest BCUT2D eigenvalue weighted by molar-refractivity contribution is -0.313. The summed E-state index contributed by atoms with van der Waals surface area (Å²) in [6.45, 7) is 1.65. The van der Waals surface area contributed by atoms with Crippen LogP contribution in [0.4, 0.5) is 0 Å². The molecule has 0 bridgehead atoms. The number of ketones is 1. The zero-order chi connectivity index (χ0) is 23.8. The molecule has 1 heterocycles. The molecule has 0 aliphatic carbocycles. The van der Waals surface area contributed by atoms with E-state index in [1.54, 1.807) is 0 Å². The van der Waals surface area contributed by atoms with Crippen LogP contribution in [0.2, 0.25) is 0 Å². The van der Waals surface area contributed by atoms with Gasteiger partial charge in [-0.1, -0.05) is 70.4 Å². The summed E-state index contributed by atoms with van der Waals surface area (Å²) < 4.78 is 5.26. The number of aliphatic hydroxyl groups is 4. The number of rotatable bonds is 18. The van der Waals surface area contributed by atoms with E-state index in [-0.39, 0.29) is 12.2 Å². The smallest absolute Gasteiger partial charge is 0.191 e. The molecule has 0 aromatic carbocycles. The number of Topliss-reactive ketones (excluding diaryl/α,β-unsaturated/α-hetero) is 1. The maximum Gasteiger partial charge on any atom is 0.191 e. The Labute approximate surface area is 194 Å². The van der Waals surface area contributed by atoms with E-state index in [2.05, 4.69) is 19.1 Å². The van der Waals surface area contributed by atoms with Crippen molar-refractivity contribution in [2.75, 3.05) is 6.61 Å². The number of hydrogen-bond acceptors (Lipinski definition) is 7. The molecule has 1 aliphatic heterocycles. The highest BCUT2D eigenvalue weighted by atomic mass is 16.6. The fourth-order valence-electron chi connectivity index (χ4n) is 4.18. The quantitative estimate of drug-likeness (QED) is 0.158. The van der Waals surface area contributed by atoms with Gasteiger partial charge in [0.05, 0.1) is 19.1 Å². The van der Waals surface area contributed by atoms with Gasteiger partial charge in [0.15, 0.2) is 5.79 Å². The van der Waals surface area contributed by atoms with Crippen molar-refractivity contribution in [3.63, 3.8) is 0 Å². The first-order chi connectivity index (χ1) is 15.4. The van der Waals surface area contributed by atoms with Gasteiger partial charge in [-0.25, -0.2) is 0 Å². The van der Waals surface area contributed by atoms with Crippen molar-refractivity contribution in [3.8, 4) is 0 Å². The van der Waals surface area contributed by atoms with Crippen LogP contribution in [0.1, 0.15) is 103 Å². The molecule has 0 radical (unpaired) electrons. The Morgan fingerprint density at radius 1 is 0.906 bits per heavy atom. The number of carbonyl (C=O) groups is 1. The van der Waals surface area contributed by atoms with Crippen LogP contribution in [0.15, 0.2) is 12.2 Å². The van der Waals surface area contributed by atoms with Crippen LogP contribution in [0.25, 0.3) is 0 Å². The zero-order valence-corrected chi connectivity index (χ0v) is 20.0. The summed E-state index contributed by atoms with van der Waals surface area (Å²) in [7, 11) is 0. The lowest BCUT2D eigenvalue weighted by Gasteiger charge is -2.46. The molecule has 1 fully saturated rings. The molecule has 5 atom stereocenters. The Balaban J connectivity index is 2.07. The minimum atomic E-state index is -2.08. The third-order valence-electron chi connectivity index (χ3n) is 6.32. The fourth-order valence-corrected chi connectivity index (χ4v) is 4.18. The largest absolute Gasteiger partial charge is 0.394 e. The average molecular weight is 458 g/mol. The summed E-state index contributed by atoms with van der Waals surface area (Å²) in [6, 6.07) is -1.32. The molecule has 7 heteroatoms. The predicted molar refractivity (Wildman–Crippen MR) is 126 cm³/mol. The van der Waals surface area contributed by atoms with E-state index >= 15 is 0 Å². The molecule has 0 saturated carbocycles. The van der Waals surface area contributed by atoms with Gasteiger partial charge in [0.2, 0.25) is 0 Å². The Morgan fingerprint density at radius 2 is 1.44 bits per heavy atom. The number of unbranched alkanes of at least 4 members (excludes halogenated alkanes) is 11. The first-order valence-electron chi connectivity index (χ1n) is 12.6. The molecular weight excluding hydrogens is 410 g/mol. The van der Waals surface area contributed by atoms with E-state index in [0.717, 1.165) is 38.5 Å². The third-order valence-corrected chi connectivity index (χ3v) is 6.32. The predicted octanol–water partition coefficient (Wildman–Crippen LogP) is 3.11. The van der Waals surface area contributed by atoms with Gasteiger partial charge in [0.1, 0.15) is 24.1 Å². The Hall–Kier alpha value is -0.830. The molecule has 1 unspecified atom stereocenters. The van der Waals surface area contributed by atoms with E-state index in [0.29, 0.717) is 6.42 Å². The van der Waals surface area contributed by atoms with Gasteiger partial charge < -0.3 is 30.9 Å². The van der Waals surface area contributed by atoms with Gasteiger partial charge in [-0.15, -0.1) is 0 Å². The van der Waals surface area contributed by atoms with Crippen LogP contribution in [0.5, 0.6) is 0 Å². The molecule has 1 aliphatic rings. The van der Waals surface area contributed by atoms with Gasteiger partial charge in [-0.2, -0.15) is 0 Å². The lowest BCUT2D eigenvalue weighted by atomic mass is 9.87. The van der Waals surface area contributed by atoms with Gasteiger partial charge in [-0.05, 0) is 32.1 Å².